The maximum atomic E-state index is 10.9. The summed E-state index contributed by atoms with van der Waals surface area (Å²) in [6.45, 7) is 4.13. The fourth-order valence-electron chi connectivity index (χ4n) is 2.70. The standard InChI is InChI=1S/C18H21O5P/c1-3-17(13-5-9-15(19)10-6-13)18(4-2)14-7-11-16(12-8-14)23-24(20,21)22/h5-12,19H,3-4H2,1-2H3,(H2,20,21,22)/b18-17+. The third-order valence-corrected chi connectivity index (χ3v) is 4.16. The second kappa shape index (κ2) is 7.67. The van der Waals surface area contributed by atoms with Crippen LogP contribution in [0.5, 0.6) is 11.5 Å². The van der Waals surface area contributed by atoms with Gasteiger partial charge >= 0.3 is 7.82 Å². The van der Waals surface area contributed by atoms with Crippen LogP contribution in [0.25, 0.3) is 11.1 Å². The highest BCUT2D eigenvalue weighted by molar-refractivity contribution is 7.46. The minimum Gasteiger partial charge on any atom is -0.508 e. The predicted octanol–water partition coefficient (Wildman–Crippen LogP) is 4.59. The zero-order valence-corrected chi connectivity index (χ0v) is 14.5. The van der Waals surface area contributed by atoms with Crippen LogP contribution >= 0.6 is 7.82 Å². The molecule has 2 rings (SSSR count). The van der Waals surface area contributed by atoms with Crippen LogP contribution in [0.4, 0.5) is 0 Å². The first-order valence-electron chi connectivity index (χ1n) is 7.71. The molecule has 0 fully saturated rings. The SMILES string of the molecule is CC/C(=C(/CC)c1ccc(OP(=O)(O)O)cc1)c1ccc(O)cc1. The number of allylic oxidation sites excluding steroid dienone is 2. The number of aromatic hydroxyl groups is 1. The molecule has 0 unspecified atom stereocenters. The normalized spacial score (nSPS) is 12.7. The Labute approximate surface area is 141 Å². The Morgan fingerprint density at radius 1 is 0.875 bits per heavy atom. The molecule has 0 amide bonds. The van der Waals surface area contributed by atoms with Crippen LogP contribution < -0.4 is 4.52 Å². The number of hydrogen-bond acceptors (Lipinski definition) is 3. The molecule has 0 heterocycles. The Kier molecular flexibility index (Phi) is 5.84. The third-order valence-electron chi connectivity index (χ3n) is 3.71. The Morgan fingerprint density at radius 2 is 1.29 bits per heavy atom. The van der Waals surface area contributed by atoms with Crippen LogP contribution in [0, 0.1) is 0 Å². The zero-order chi connectivity index (χ0) is 17.7. The lowest BCUT2D eigenvalue weighted by Crippen LogP contribution is -1.93. The number of benzene rings is 2. The first-order chi connectivity index (χ1) is 11.3. The van der Waals surface area contributed by atoms with Crippen LogP contribution in [0.2, 0.25) is 0 Å². The van der Waals surface area contributed by atoms with Gasteiger partial charge in [0.2, 0.25) is 0 Å². The summed E-state index contributed by atoms with van der Waals surface area (Å²) < 4.78 is 15.5. The number of rotatable bonds is 6. The van der Waals surface area contributed by atoms with Crippen LogP contribution in [-0.2, 0) is 4.57 Å². The molecule has 0 atom stereocenters. The highest BCUT2D eigenvalue weighted by atomic mass is 31.2. The summed E-state index contributed by atoms with van der Waals surface area (Å²) in [4.78, 5) is 17.7. The molecular weight excluding hydrogens is 327 g/mol. The van der Waals surface area contributed by atoms with Gasteiger partial charge in [-0.05, 0) is 59.4 Å². The Balaban J connectivity index is 2.41. The van der Waals surface area contributed by atoms with Gasteiger partial charge in [-0.1, -0.05) is 38.1 Å². The molecule has 0 aliphatic rings. The van der Waals surface area contributed by atoms with E-state index in [2.05, 4.69) is 18.4 Å². The van der Waals surface area contributed by atoms with Gasteiger partial charge in [-0.3, -0.25) is 9.79 Å². The van der Waals surface area contributed by atoms with Crippen molar-refractivity contribution in [2.45, 2.75) is 26.7 Å². The van der Waals surface area contributed by atoms with Gasteiger partial charge in [0.05, 0.1) is 0 Å². The van der Waals surface area contributed by atoms with Crippen molar-refractivity contribution in [3.8, 4) is 11.5 Å². The molecule has 3 N–H and O–H groups in total. The van der Waals surface area contributed by atoms with Crippen molar-refractivity contribution in [3.05, 3.63) is 59.7 Å². The van der Waals surface area contributed by atoms with Gasteiger partial charge in [-0.25, -0.2) is 4.57 Å². The van der Waals surface area contributed by atoms with E-state index >= 15 is 0 Å². The Bertz CT molecular complexity index is 757. The molecule has 0 saturated heterocycles. The van der Waals surface area contributed by atoms with Crippen LogP contribution in [0.1, 0.15) is 37.8 Å². The van der Waals surface area contributed by atoms with E-state index in [1.165, 1.54) is 5.57 Å². The average molecular weight is 348 g/mol. The van der Waals surface area contributed by atoms with Gasteiger partial charge in [-0.2, -0.15) is 0 Å². The molecular formula is C18H21O5P. The number of phenolic OH excluding ortho intramolecular Hbond substituents is 1. The molecule has 0 aliphatic heterocycles. The Hall–Kier alpha value is -2.07. The maximum Gasteiger partial charge on any atom is 0.524 e. The molecule has 0 aliphatic carbocycles. The number of phenols is 1. The molecule has 24 heavy (non-hydrogen) atoms. The molecule has 0 saturated carbocycles. The minimum absolute atomic E-state index is 0.130. The molecule has 0 spiro atoms. The van der Waals surface area contributed by atoms with Crippen molar-refractivity contribution in [3.63, 3.8) is 0 Å². The van der Waals surface area contributed by atoms with Gasteiger partial charge in [0.25, 0.3) is 0 Å². The highest BCUT2D eigenvalue weighted by Gasteiger charge is 2.16. The molecule has 128 valence electrons. The molecule has 2 aromatic rings. The summed E-state index contributed by atoms with van der Waals surface area (Å²) in [6, 6.07) is 13.8. The van der Waals surface area contributed by atoms with E-state index in [0.717, 1.165) is 29.5 Å². The lowest BCUT2D eigenvalue weighted by Gasteiger charge is -2.15. The predicted molar refractivity (Wildman–Crippen MR) is 94.6 cm³/mol. The second-order valence-electron chi connectivity index (χ2n) is 5.32. The summed E-state index contributed by atoms with van der Waals surface area (Å²) in [7, 11) is -4.55. The van der Waals surface area contributed by atoms with Gasteiger partial charge in [-0.15, -0.1) is 0 Å². The van der Waals surface area contributed by atoms with Crippen LogP contribution in [0.3, 0.4) is 0 Å². The number of hydrogen-bond donors (Lipinski definition) is 3. The summed E-state index contributed by atoms with van der Waals surface area (Å²) in [5.41, 5.74) is 4.33. The first-order valence-corrected chi connectivity index (χ1v) is 9.24. The maximum absolute atomic E-state index is 10.9. The van der Waals surface area contributed by atoms with E-state index in [4.69, 9.17) is 9.79 Å². The first kappa shape index (κ1) is 18.3. The molecule has 5 nitrogen and oxygen atoms in total. The van der Waals surface area contributed by atoms with Crippen molar-refractivity contribution < 1.29 is 24.0 Å². The minimum atomic E-state index is -4.55. The van der Waals surface area contributed by atoms with Gasteiger partial charge in [0, 0.05) is 0 Å². The van der Waals surface area contributed by atoms with Gasteiger partial charge in [0.15, 0.2) is 0 Å². The Morgan fingerprint density at radius 3 is 1.67 bits per heavy atom. The zero-order valence-electron chi connectivity index (χ0n) is 13.6. The highest BCUT2D eigenvalue weighted by Crippen LogP contribution is 2.38. The summed E-state index contributed by atoms with van der Waals surface area (Å²) >= 11 is 0. The molecule has 0 bridgehead atoms. The van der Waals surface area contributed by atoms with E-state index in [1.807, 2.05) is 12.1 Å². The number of phosphoric ester groups is 1. The second-order valence-corrected chi connectivity index (χ2v) is 6.48. The molecule has 0 radical (unpaired) electrons. The fraction of sp³-hybridized carbons (Fsp3) is 0.222. The van der Waals surface area contributed by atoms with Gasteiger partial charge in [0.1, 0.15) is 11.5 Å². The van der Waals surface area contributed by atoms with Crippen molar-refractivity contribution in [1.29, 1.82) is 0 Å². The van der Waals surface area contributed by atoms with E-state index in [0.29, 0.717) is 0 Å². The van der Waals surface area contributed by atoms with Crippen molar-refractivity contribution >= 4 is 19.0 Å². The van der Waals surface area contributed by atoms with E-state index in [-0.39, 0.29) is 11.5 Å². The molecule has 6 heteroatoms. The van der Waals surface area contributed by atoms with Crippen molar-refractivity contribution in [2.24, 2.45) is 0 Å². The monoisotopic (exact) mass is 348 g/mol. The largest absolute Gasteiger partial charge is 0.524 e. The number of phosphoric acid groups is 1. The van der Waals surface area contributed by atoms with E-state index in [1.54, 1.807) is 36.4 Å². The smallest absolute Gasteiger partial charge is 0.508 e. The third kappa shape index (κ3) is 4.71. The lowest BCUT2D eigenvalue weighted by atomic mass is 9.91. The van der Waals surface area contributed by atoms with Crippen molar-refractivity contribution in [1.82, 2.24) is 0 Å². The fourth-order valence-corrected chi connectivity index (χ4v) is 3.10. The van der Waals surface area contributed by atoms with E-state index < -0.39 is 7.82 Å². The topological polar surface area (TPSA) is 87.0 Å². The quantitative estimate of drug-likeness (QED) is 0.525. The molecule has 0 aromatic heterocycles. The van der Waals surface area contributed by atoms with Crippen molar-refractivity contribution in [2.75, 3.05) is 0 Å². The average Bonchev–Trinajstić information content (AvgIpc) is 2.53. The van der Waals surface area contributed by atoms with Crippen LogP contribution in [-0.4, -0.2) is 14.9 Å². The van der Waals surface area contributed by atoms with Crippen LogP contribution in [0.15, 0.2) is 48.5 Å². The molecule has 2 aromatic carbocycles. The van der Waals surface area contributed by atoms with E-state index in [9.17, 15) is 9.67 Å². The summed E-state index contributed by atoms with van der Waals surface area (Å²) in [5, 5.41) is 9.45. The lowest BCUT2D eigenvalue weighted by molar-refractivity contribution is 0.283. The summed E-state index contributed by atoms with van der Waals surface area (Å²) in [5.74, 6) is 0.358. The van der Waals surface area contributed by atoms with Gasteiger partial charge < -0.3 is 9.63 Å². The summed E-state index contributed by atoms with van der Waals surface area (Å²) in [6.07, 6.45) is 1.64.